The highest BCUT2D eigenvalue weighted by Crippen LogP contribution is 2.64. The summed E-state index contributed by atoms with van der Waals surface area (Å²) in [5, 5.41) is 5.11. The van der Waals surface area contributed by atoms with Crippen LogP contribution in [-0.4, -0.2) is 0 Å². The Labute approximate surface area is 308 Å². The van der Waals surface area contributed by atoms with Crippen LogP contribution in [0, 0.1) is 0 Å². The molecule has 0 aromatic heterocycles. The Bertz CT molecular complexity index is 2550. The molecule has 52 heavy (non-hydrogen) atoms. The molecule has 0 atom stereocenters. The minimum absolute atomic E-state index is 0. The Morgan fingerprint density at radius 2 is 0.596 bits per heavy atom. The lowest BCUT2D eigenvalue weighted by molar-refractivity contribution is 0.759. The van der Waals surface area contributed by atoms with Crippen molar-refractivity contribution in [3.8, 4) is 22.3 Å². The minimum Gasteiger partial charge on any atom is -0.0622 e. The number of benzene rings is 9. The van der Waals surface area contributed by atoms with E-state index in [1.165, 1.54) is 88.3 Å². The van der Waals surface area contributed by atoms with Gasteiger partial charge >= 0.3 is 0 Å². The maximum Gasteiger partial charge on any atom is 0.0714 e. The van der Waals surface area contributed by atoms with Crippen molar-refractivity contribution in [1.82, 2.24) is 0 Å². The fourth-order valence-electron chi connectivity index (χ4n) is 10.0. The molecule has 2 aliphatic rings. The van der Waals surface area contributed by atoms with Crippen LogP contribution in [0.15, 0.2) is 206 Å². The topological polar surface area (TPSA) is 0 Å². The van der Waals surface area contributed by atoms with Crippen LogP contribution in [0.2, 0.25) is 0 Å². The molecule has 0 heteroatoms. The van der Waals surface area contributed by atoms with Crippen LogP contribution in [-0.2, 0) is 10.8 Å². The molecule has 0 radical (unpaired) electrons. The fraction of sp³-hybridized carbons (Fsp3) is 0.0385. The van der Waals surface area contributed by atoms with E-state index in [9.17, 15) is 0 Å². The lowest BCUT2D eigenvalue weighted by Gasteiger charge is -2.35. The quantitative estimate of drug-likeness (QED) is 0.175. The number of rotatable bonds is 4. The smallest absolute Gasteiger partial charge is 0.0622 e. The Morgan fingerprint density at radius 1 is 0.288 bits per heavy atom. The summed E-state index contributed by atoms with van der Waals surface area (Å²) in [6.07, 6.45) is 0. The van der Waals surface area contributed by atoms with E-state index < -0.39 is 10.8 Å². The number of hydrogen-bond acceptors (Lipinski definition) is 0. The van der Waals surface area contributed by atoms with Crippen molar-refractivity contribution in [2.45, 2.75) is 10.8 Å². The second kappa shape index (κ2) is 11.0. The molecule has 0 bridgehead atoms. The second-order valence-electron chi connectivity index (χ2n) is 14.3. The second-order valence-corrected chi connectivity index (χ2v) is 14.3. The summed E-state index contributed by atoms with van der Waals surface area (Å²) in [5.41, 5.74) is 14.7. The molecule has 0 unspecified atom stereocenters. The van der Waals surface area contributed by atoms with Gasteiger partial charge in [0, 0.05) is 4.40 Å². The molecule has 0 saturated heterocycles. The van der Waals surface area contributed by atoms with E-state index in [-0.39, 0.29) is 1.43 Å². The first-order valence-electron chi connectivity index (χ1n) is 19.3. The predicted molar refractivity (Wildman–Crippen MR) is 220 cm³/mol. The van der Waals surface area contributed by atoms with Gasteiger partial charge in [0.1, 0.15) is 0 Å². The van der Waals surface area contributed by atoms with Gasteiger partial charge in [-0.2, -0.15) is 0 Å². The molecule has 9 aromatic carbocycles. The zero-order valence-electron chi connectivity index (χ0n) is 30.6. The molecule has 2 aliphatic carbocycles. The third-order valence-electron chi connectivity index (χ3n) is 12.0. The third-order valence-corrected chi connectivity index (χ3v) is 12.0. The third kappa shape index (κ3) is 3.71. The molecular weight excluding hydrogens is 625 g/mol. The summed E-state index contributed by atoms with van der Waals surface area (Å²) in [4.78, 5) is 0. The van der Waals surface area contributed by atoms with E-state index >= 15 is 0 Å². The van der Waals surface area contributed by atoms with E-state index in [1.54, 1.807) is 0 Å². The Morgan fingerprint density at radius 3 is 0.942 bits per heavy atom. The van der Waals surface area contributed by atoms with Gasteiger partial charge in [-0.15, -0.1) is 0 Å². The van der Waals surface area contributed by atoms with Crippen LogP contribution >= 0.6 is 0 Å². The molecule has 0 heterocycles. The van der Waals surface area contributed by atoms with Crippen LogP contribution in [0.4, 0.5) is 0 Å². The minimum atomic E-state index is -0.512. The summed E-state index contributed by atoms with van der Waals surface area (Å²) in [5.74, 6) is 0. The summed E-state index contributed by atoms with van der Waals surface area (Å²) >= 11 is 0. The van der Waals surface area contributed by atoms with Gasteiger partial charge in [-0.3, -0.25) is 0 Å². The molecule has 9 aromatic rings. The monoisotopic (exact) mass is 665 g/mol. The van der Waals surface area contributed by atoms with Crippen LogP contribution < -0.4 is 0 Å². The fourth-order valence-corrected chi connectivity index (χ4v) is 10.0. The standard InChI is InChI=1S/C52H34.2H2/c1-5-19-37(20-6-1)51(38-21-7-2-8-22-38)45-31-29-35-17-13-15-27-41(35)49(45)43-34-48-44(33-47(43)51)50-42-28-16-14-18-36(42)30-32-46(50)52(48,39-23-9-3-10-24-39)40-25-11-4-12-26-40;;/h1-34H;2*1H/i;1+1D;1+1. The molecular formula is C52H38. The highest BCUT2D eigenvalue weighted by atomic mass is 14.5. The van der Waals surface area contributed by atoms with Gasteiger partial charge in [-0.25, -0.2) is 0 Å². The number of fused-ring (bicyclic) bond motifs is 10. The first kappa shape index (κ1) is 28.2. The summed E-state index contributed by atoms with van der Waals surface area (Å²) in [6, 6.07) is 77.3. The Kier molecular flexibility index (Phi) is 5.97. The van der Waals surface area contributed by atoms with Gasteiger partial charge in [0.05, 0.1) is 10.8 Å². The van der Waals surface area contributed by atoms with Crippen molar-refractivity contribution < 1.29 is 4.40 Å². The highest BCUT2D eigenvalue weighted by molar-refractivity contribution is 6.08. The molecule has 0 saturated carbocycles. The summed E-state index contributed by atoms with van der Waals surface area (Å²) < 4.78 is 10.0. The van der Waals surface area contributed by atoms with Crippen molar-refractivity contribution in [2.24, 2.45) is 0 Å². The van der Waals surface area contributed by atoms with Gasteiger partial charge in [-0.1, -0.05) is 194 Å². The average molecular weight is 666 g/mol. The SMILES string of the molecule is [2HH].[2H][2H].c1ccc(C2(c3ccccc3)c3cc4c(cc3-c3c2ccc2ccccc32)C(c2ccccc2)(c2ccccc2)c2ccc3ccccc3c2-4)cc1. The van der Waals surface area contributed by atoms with Crippen molar-refractivity contribution in [3.63, 3.8) is 0 Å². The van der Waals surface area contributed by atoms with Gasteiger partial charge in [0.25, 0.3) is 0 Å². The molecule has 0 nitrogen and oxygen atoms in total. The van der Waals surface area contributed by atoms with Crippen molar-refractivity contribution >= 4 is 21.5 Å². The number of hydrogen-bond donors (Lipinski definition) is 0. The molecule has 0 spiro atoms. The van der Waals surface area contributed by atoms with Crippen LogP contribution in [0.5, 0.6) is 0 Å². The molecule has 246 valence electrons. The maximum atomic E-state index is 5.00. The van der Waals surface area contributed by atoms with E-state index in [2.05, 4.69) is 206 Å². The van der Waals surface area contributed by atoms with Crippen LogP contribution in [0.25, 0.3) is 43.8 Å². The zero-order valence-corrected chi connectivity index (χ0v) is 28.6. The van der Waals surface area contributed by atoms with Gasteiger partial charge < -0.3 is 0 Å². The van der Waals surface area contributed by atoms with Crippen molar-refractivity contribution in [2.75, 3.05) is 0 Å². The highest BCUT2D eigenvalue weighted by Gasteiger charge is 2.52. The zero-order chi connectivity index (χ0) is 36.3. The lowest BCUT2D eigenvalue weighted by Crippen LogP contribution is -2.29. The summed E-state index contributed by atoms with van der Waals surface area (Å²) in [7, 11) is 0. The van der Waals surface area contributed by atoms with Gasteiger partial charge in [0.2, 0.25) is 0 Å². The molecule has 0 aliphatic heterocycles. The normalized spacial score (nSPS) is 14.6. The van der Waals surface area contributed by atoms with E-state index in [0.29, 0.717) is 0 Å². The first-order valence-corrected chi connectivity index (χ1v) is 18.3. The molecule has 0 fully saturated rings. The molecule has 0 amide bonds. The van der Waals surface area contributed by atoms with Gasteiger partial charge in [-0.05, 0) is 100 Å². The average Bonchev–Trinajstić information content (AvgIpc) is 3.73. The van der Waals surface area contributed by atoms with Gasteiger partial charge in [0.15, 0.2) is 0 Å². The van der Waals surface area contributed by atoms with Crippen molar-refractivity contribution in [1.29, 1.82) is 0 Å². The van der Waals surface area contributed by atoms with E-state index in [0.717, 1.165) is 0 Å². The predicted octanol–water partition coefficient (Wildman–Crippen LogP) is 13.2. The lowest BCUT2D eigenvalue weighted by atomic mass is 9.66. The van der Waals surface area contributed by atoms with Crippen LogP contribution in [0.1, 0.15) is 48.9 Å². The van der Waals surface area contributed by atoms with E-state index in [4.69, 9.17) is 2.97 Å². The molecule has 11 rings (SSSR count). The van der Waals surface area contributed by atoms with E-state index in [1.807, 2.05) is 0 Å². The Balaban J connectivity index is 0.00000130. The van der Waals surface area contributed by atoms with Crippen molar-refractivity contribution in [3.05, 3.63) is 251 Å². The molecule has 0 N–H and O–H groups in total. The maximum absolute atomic E-state index is 5.00. The largest absolute Gasteiger partial charge is 0.0714 e. The summed E-state index contributed by atoms with van der Waals surface area (Å²) in [6.45, 7) is 0. The first-order chi connectivity index (χ1) is 26.8. The van der Waals surface area contributed by atoms with Crippen LogP contribution in [0.3, 0.4) is 0 Å². The Hall–Kier alpha value is -6.50.